The molecule has 96 valence electrons. The van der Waals surface area contributed by atoms with Gasteiger partial charge in [-0.1, -0.05) is 12.1 Å². The van der Waals surface area contributed by atoms with Crippen molar-refractivity contribution in [3.63, 3.8) is 0 Å². The van der Waals surface area contributed by atoms with E-state index in [1.165, 1.54) is 18.4 Å². The second-order valence-electron chi connectivity index (χ2n) is 5.15. The predicted molar refractivity (Wildman–Crippen MR) is 70.2 cm³/mol. The second kappa shape index (κ2) is 5.11. The highest BCUT2D eigenvalue weighted by molar-refractivity contribution is 5.99. The molecule has 0 bridgehead atoms. The molecule has 3 rings (SSSR count). The van der Waals surface area contributed by atoms with Crippen molar-refractivity contribution in [2.24, 2.45) is 0 Å². The van der Waals surface area contributed by atoms with E-state index in [-0.39, 0.29) is 5.78 Å². The van der Waals surface area contributed by atoms with Gasteiger partial charge in [0.1, 0.15) is 5.75 Å². The molecule has 0 atom stereocenters. The average molecular weight is 245 g/mol. The maximum Gasteiger partial charge on any atom is 0.167 e. The molecule has 1 aliphatic heterocycles. The molecule has 0 unspecified atom stereocenters. The van der Waals surface area contributed by atoms with E-state index in [4.69, 9.17) is 4.74 Å². The maximum atomic E-state index is 12.2. The molecule has 1 N–H and O–H groups in total. The zero-order valence-electron chi connectivity index (χ0n) is 10.6. The van der Waals surface area contributed by atoms with Gasteiger partial charge in [0.25, 0.3) is 0 Å². The van der Waals surface area contributed by atoms with Crippen molar-refractivity contribution in [2.75, 3.05) is 13.2 Å². The van der Waals surface area contributed by atoms with E-state index in [9.17, 15) is 4.79 Å². The number of ketones is 1. The number of aryl methyl sites for hydroxylation is 1. The average Bonchev–Trinajstić information content (AvgIpc) is 3.22. The lowest BCUT2D eigenvalue weighted by atomic mass is 9.99. The van der Waals surface area contributed by atoms with Crippen molar-refractivity contribution in [3.05, 3.63) is 29.3 Å². The normalized spacial score (nSPS) is 18.0. The molecule has 2 aliphatic rings. The molecule has 1 fully saturated rings. The number of nitrogens with one attached hydrogen (secondary N) is 1. The van der Waals surface area contributed by atoms with Crippen LogP contribution in [-0.2, 0) is 6.42 Å². The third-order valence-electron chi connectivity index (χ3n) is 3.60. The number of benzene rings is 1. The van der Waals surface area contributed by atoms with Gasteiger partial charge >= 0.3 is 0 Å². The molecule has 1 aliphatic carbocycles. The van der Waals surface area contributed by atoms with E-state index in [1.807, 2.05) is 12.1 Å². The monoisotopic (exact) mass is 245 g/mol. The lowest BCUT2D eigenvalue weighted by molar-refractivity contribution is 0.0977. The molecule has 1 aromatic rings. The minimum atomic E-state index is 0.196. The number of para-hydroxylation sites is 1. The summed E-state index contributed by atoms with van der Waals surface area (Å²) in [6, 6.07) is 6.59. The van der Waals surface area contributed by atoms with E-state index in [2.05, 4.69) is 11.4 Å². The first-order valence-corrected chi connectivity index (χ1v) is 6.86. The lowest BCUT2D eigenvalue weighted by Crippen LogP contribution is -2.21. The Bertz CT molecular complexity index is 452. The number of hydrogen-bond acceptors (Lipinski definition) is 3. The molecule has 1 heterocycles. The van der Waals surface area contributed by atoms with E-state index in [0.29, 0.717) is 12.5 Å². The van der Waals surface area contributed by atoms with Gasteiger partial charge in [-0.3, -0.25) is 4.79 Å². The van der Waals surface area contributed by atoms with Crippen molar-refractivity contribution >= 4 is 5.78 Å². The van der Waals surface area contributed by atoms with E-state index < -0.39 is 0 Å². The van der Waals surface area contributed by atoms with Gasteiger partial charge in [-0.15, -0.1) is 0 Å². The predicted octanol–water partition coefficient (Wildman–Crippen LogP) is 2.34. The molecule has 3 heteroatoms. The van der Waals surface area contributed by atoms with Crippen LogP contribution in [-0.4, -0.2) is 25.0 Å². The van der Waals surface area contributed by atoms with Crippen LogP contribution in [0.5, 0.6) is 5.75 Å². The van der Waals surface area contributed by atoms with Gasteiger partial charge in [-0.25, -0.2) is 0 Å². The minimum Gasteiger partial charge on any atom is -0.493 e. The summed E-state index contributed by atoms with van der Waals surface area (Å²) < 4.78 is 5.67. The molecule has 0 spiro atoms. The van der Waals surface area contributed by atoms with Gasteiger partial charge in [-0.05, 0) is 37.3 Å². The Morgan fingerprint density at radius 3 is 3.11 bits per heavy atom. The number of fused-ring (bicyclic) bond motifs is 1. The van der Waals surface area contributed by atoms with Crippen LogP contribution in [0.1, 0.15) is 41.6 Å². The Morgan fingerprint density at radius 2 is 2.28 bits per heavy atom. The molecule has 1 aromatic carbocycles. The fraction of sp³-hybridized carbons (Fsp3) is 0.533. The SMILES string of the molecule is O=C(CCNC1CC1)c1cccc2c1OCCC2. The Labute approximate surface area is 108 Å². The van der Waals surface area contributed by atoms with Crippen LogP contribution >= 0.6 is 0 Å². The van der Waals surface area contributed by atoms with Crippen LogP contribution < -0.4 is 10.1 Å². The van der Waals surface area contributed by atoms with E-state index in [0.717, 1.165) is 37.3 Å². The largest absolute Gasteiger partial charge is 0.493 e. The highest BCUT2D eigenvalue weighted by Gasteiger charge is 2.22. The van der Waals surface area contributed by atoms with Crippen LogP contribution in [0, 0.1) is 0 Å². The van der Waals surface area contributed by atoms with Crippen molar-refractivity contribution in [2.45, 2.75) is 38.1 Å². The van der Waals surface area contributed by atoms with Crippen molar-refractivity contribution in [3.8, 4) is 5.75 Å². The summed E-state index contributed by atoms with van der Waals surface area (Å²) in [5.74, 6) is 1.03. The quantitative estimate of drug-likeness (QED) is 0.809. The number of ether oxygens (including phenoxy) is 1. The maximum absolute atomic E-state index is 12.2. The fourth-order valence-electron chi connectivity index (χ4n) is 2.42. The number of carbonyl (C=O) groups is 1. The summed E-state index contributed by atoms with van der Waals surface area (Å²) >= 11 is 0. The molecule has 0 aromatic heterocycles. The first-order chi connectivity index (χ1) is 8.84. The second-order valence-corrected chi connectivity index (χ2v) is 5.15. The molecule has 18 heavy (non-hydrogen) atoms. The Morgan fingerprint density at radius 1 is 1.39 bits per heavy atom. The molecule has 0 radical (unpaired) electrons. The Balaban J connectivity index is 1.68. The van der Waals surface area contributed by atoms with Gasteiger partial charge in [-0.2, -0.15) is 0 Å². The third kappa shape index (κ3) is 2.56. The Hall–Kier alpha value is -1.35. The van der Waals surface area contributed by atoms with Crippen molar-refractivity contribution in [1.82, 2.24) is 5.32 Å². The summed E-state index contributed by atoms with van der Waals surface area (Å²) in [6.07, 6.45) is 5.16. The third-order valence-corrected chi connectivity index (χ3v) is 3.60. The Kier molecular flexibility index (Phi) is 3.33. The summed E-state index contributed by atoms with van der Waals surface area (Å²) in [7, 11) is 0. The zero-order chi connectivity index (χ0) is 12.4. The van der Waals surface area contributed by atoms with Crippen LogP contribution in [0.3, 0.4) is 0 Å². The summed E-state index contributed by atoms with van der Waals surface area (Å²) in [5, 5.41) is 3.38. The highest BCUT2D eigenvalue weighted by atomic mass is 16.5. The first kappa shape index (κ1) is 11.7. The number of Topliss-reactive ketones (excluding diaryl/α,β-unsaturated/α-hetero) is 1. The molecule has 3 nitrogen and oxygen atoms in total. The molecule has 1 saturated carbocycles. The van der Waals surface area contributed by atoms with Gasteiger partial charge < -0.3 is 10.1 Å². The fourth-order valence-corrected chi connectivity index (χ4v) is 2.42. The molecule has 0 saturated heterocycles. The van der Waals surface area contributed by atoms with Gasteiger partial charge in [0.05, 0.1) is 12.2 Å². The number of hydrogen-bond donors (Lipinski definition) is 1. The summed E-state index contributed by atoms with van der Waals surface area (Å²) in [4.78, 5) is 12.2. The minimum absolute atomic E-state index is 0.196. The smallest absolute Gasteiger partial charge is 0.167 e. The van der Waals surface area contributed by atoms with Gasteiger partial charge in [0.15, 0.2) is 5.78 Å². The first-order valence-electron chi connectivity index (χ1n) is 6.86. The van der Waals surface area contributed by atoms with Crippen LogP contribution in [0.25, 0.3) is 0 Å². The summed E-state index contributed by atoms with van der Waals surface area (Å²) in [5.41, 5.74) is 1.95. The number of carbonyl (C=O) groups excluding carboxylic acids is 1. The summed E-state index contributed by atoms with van der Waals surface area (Å²) in [6.45, 7) is 1.52. The van der Waals surface area contributed by atoms with Crippen LogP contribution in [0.4, 0.5) is 0 Å². The van der Waals surface area contributed by atoms with Crippen LogP contribution in [0.2, 0.25) is 0 Å². The van der Waals surface area contributed by atoms with Gasteiger partial charge in [0.2, 0.25) is 0 Å². The van der Waals surface area contributed by atoms with Crippen molar-refractivity contribution < 1.29 is 9.53 Å². The highest BCUT2D eigenvalue weighted by Crippen LogP contribution is 2.29. The van der Waals surface area contributed by atoms with Crippen LogP contribution in [0.15, 0.2) is 18.2 Å². The van der Waals surface area contributed by atoms with E-state index >= 15 is 0 Å². The number of rotatable bonds is 5. The van der Waals surface area contributed by atoms with Gasteiger partial charge in [0, 0.05) is 19.0 Å². The lowest BCUT2D eigenvalue weighted by Gasteiger charge is -2.19. The molecular weight excluding hydrogens is 226 g/mol. The molecule has 0 amide bonds. The standard InChI is InChI=1S/C15H19NO2/c17-14(8-9-16-12-6-7-12)13-5-1-3-11-4-2-10-18-15(11)13/h1,3,5,12,16H,2,4,6-10H2. The zero-order valence-corrected chi connectivity index (χ0v) is 10.6. The van der Waals surface area contributed by atoms with Crippen molar-refractivity contribution in [1.29, 1.82) is 0 Å². The van der Waals surface area contributed by atoms with E-state index in [1.54, 1.807) is 0 Å². The topological polar surface area (TPSA) is 38.3 Å². The molecular formula is C15H19NO2.